The Bertz CT molecular complexity index is 555. The second-order valence-corrected chi connectivity index (χ2v) is 5.65. The van der Waals surface area contributed by atoms with E-state index in [0.29, 0.717) is 12.5 Å². The van der Waals surface area contributed by atoms with Crippen LogP contribution in [0, 0.1) is 5.92 Å². The monoisotopic (exact) mass is 308 g/mol. The molecule has 0 fully saturated rings. The number of hydrogen-bond acceptors (Lipinski definition) is 3. The van der Waals surface area contributed by atoms with Crippen LogP contribution in [0.3, 0.4) is 0 Å². The molecule has 0 bridgehead atoms. The first-order valence-electron chi connectivity index (χ1n) is 6.04. The van der Waals surface area contributed by atoms with Crippen molar-refractivity contribution in [1.82, 2.24) is 4.98 Å². The van der Waals surface area contributed by atoms with Gasteiger partial charge in [-0.2, -0.15) is 0 Å². The third-order valence-electron chi connectivity index (χ3n) is 2.77. The van der Waals surface area contributed by atoms with Crippen LogP contribution in [0.1, 0.15) is 20.3 Å². The van der Waals surface area contributed by atoms with Crippen molar-refractivity contribution in [2.24, 2.45) is 5.92 Å². The molecule has 0 amide bonds. The molecule has 18 heavy (non-hydrogen) atoms. The van der Waals surface area contributed by atoms with Crippen LogP contribution in [0.5, 0.6) is 5.75 Å². The van der Waals surface area contributed by atoms with Gasteiger partial charge < -0.3 is 10.5 Å². The van der Waals surface area contributed by atoms with Gasteiger partial charge in [0, 0.05) is 21.7 Å². The highest BCUT2D eigenvalue weighted by Gasteiger charge is 2.07. The van der Waals surface area contributed by atoms with E-state index in [1.54, 1.807) is 6.20 Å². The molecule has 0 radical (unpaired) electrons. The quantitative estimate of drug-likeness (QED) is 0.868. The molecule has 2 N–H and O–H groups in total. The molecule has 1 aromatic heterocycles. The molecule has 2 rings (SSSR count). The van der Waals surface area contributed by atoms with Crippen molar-refractivity contribution in [2.75, 3.05) is 12.3 Å². The molecular weight excluding hydrogens is 292 g/mol. The van der Waals surface area contributed by atoms with E-state index in [1.807, 2.05) is 18.2 Å². The number of rotatable bonds is 4. The van der Waals surface area contributed by atoms with E-state index in [4.69, 9.17) is 10.5 Å². The van der Waals surface area contributed by atoms with Crippen LogP contribution in [0.4, 0.5) is 5.69 Å². The average Bonchev–Trinajstić information content (AvgIpc) is 2.32. The van der Waals surface area contributed by atoms with E-state index in [0.717, 1.165) is 33.2 Å². The summed E-state index contributed by atoms with van der Waals surface area (Å²) in [5.41, 5.74) is 7.49. The molecule has 0 aliphatic rings. The highest BCUT2D eigenvalue weighted by Crippen LogP contribution is 2.30. The molecule has 0 saturated heterocycles. The predicted molar refractivity (Wildman–Crippen MR) is 78.8 cm³/mol. The molecule has 4 heteroatoms. The number of ether oxygens (including phenoxy) is 1. The Morgan fingerprint density at radius 1 is 1.39 bits per heavy atom. The Morgan fingerprint density at radius 3 is 2.89 bits per heavy atom. The molecule has 0 spiro atoms. The Kier molecular flexibility index (Phi) is 4.07. The molecule has 1 heterocycles. The van der Waals surface area contributed by atoms with E-state index in [1.165, 1.54) is 0 Å². The van der Waals surface area contributed by atoms with Gasteiger partial charge in [-0.1, -0.05) is 13.8 Å². The number of nitrogens with two attached hydrogens (primary N) is 1. The lowest BCUT2D eigenvalue weighted by Crippen LogP contribution is -2.02. The number of halogens is 1. The lowest BCUT2D eigenvalue weighted by Gasteiger charge is -2.11. The van der Waals surface area contributed by atoms with E-state index in [9.17, 15) is 0 Å². The topological polar surface area (TPSA) is 48.1 Å². The summed E-state index contributed by atoms with van der Waals surface area (Å²) in [6.45, 7) is 5.06. The zero-order valence-corrected chi connectivity index (χ0v) is 12.2. The van der Waals surface area contributed by atoms with Crippen molar-refractivity contribution in [2.45, 2.75) is 20.3 Å². The van der Waals surface area contributed by atoms with Crippen LogP contribution in [0.2, 0.25) is 0 Å². The fourth-order valence-electron chi connectivity index (χ4n) is 1.71. The van der Waals surface area contributed by atoms with Crippen molar-refractivity contribution in [3.05, 3.63) is 28.9 Å². The van der Waals surface area contributed by atoms with Gasteiger partial charge in [-0.3, -0.25) is 4.98 Å². The smallest absolute Gasteiger partial charge is 0.145 e. The number of benzene rings is 1. The molecular formula is C14H17BrN2O. The standard InChI is InChI=1S/C14H17BrN2O/c1-9(2)5-6-18-13-4-3-12(16)11-7-10(15)8-17-14(11)13/h3-4,7-9H,5-6,16H2,1-2H3. The molecule has 0 atom stereocenters. The molecule has 96 valence electrons. The third kappa shape index (κ3) is 2.93. The van der Waals surface area contributed by atoms with E-state index < -0.39 is 0 Å². The van der Waals surface area contributed by atoms with Crippen molar-refractivity contribution < 1.29 is 4.74 Å². The first-order valence-corrected chi connectivity index (χ1v) is 6.83. The van der Waals surface area contributed by atoms with Crippen LogP contribution in [0.15, 0.2) is 28.9 Å². The molecule has 0 aliphatic heterocycles. The number of nitrogen functional groups attached to an aromatic ring is 1. The predicted octanol–water partition coefficient (Wildman–Crippen LogP) is 4.00. The van der Waals surface area contributed by atoms with Crippen LogP contribution in [-0.4, -0.2) is 11.6 Å². The van der Waals surface area contributed by atoms with Gasteiger partial charge in [0.05, 0.1) is 6.61 Å². The maximum atomic E-state index is 5.95. The van der Waals surface area contributed by atoms with Crippen molar-refractivity contribution in [1.29, 1.82) is 0 Å². The van der Waals surface area contributed by atoms with Gasteiger partial charge in [-0.05, 0) is 46.5 Å². The molecule has 2 aromatic rings. The molecule has 3 nitrogen and oxygen atoms in total. The lowest BCUT2D eigenvalue weighted by molar-refractivity contribution is 0.292. The Labute approximate surface area is 115 Å². The fourth-order valence-corrected chi connectivity index (χ4v) is 2.04. The van der Waals surface area contributed by atoms with Gasteiger partial charge in [0.15, 0.2) is 0 Å². The lowest BCUT2D eigenvalue weighted by atomic mass is 10.1. The largest absolute Gasteiger partial charge is 0.491 e. The molecule has 0 aliphatic carbocycles. The van der Waals surface area contributed by atoms with Crippen LogP contribution in [-0.2, 0) is 0 Å². The van der Waals surface area contributed by atoms with Gasteiger partial charge in [0.25, 0.3) is 0 Å². The number of hydrogen-bond donors (Lipinski definition) is 1. The van der Waals surface area contributed by atoms with Gasteiger partial charge in [0.1, 0.15) is 11.3 Å². The summed E-state index contributed by atoms with van der Waals surface area (Å²) in [5, 5.41) is 0.923. The molecule has 0 unspecified atom stereocenters. The van der Waals surface area contributed by atoms with Crippen molar-refractivity contribution in [3.8, 4) is 5.75 Å². The average molecular weight is 309 g/mol. The summed E-state index contributed by atoms with van der Waals surface area (Å²) in [5.74, 6) is 1.43. The summed E-state index contributed by atoms with van der Waals surface area (Å²) in [7, 11) is 0. The number of fused-ring (bicyclic) bond motifs is 1. The minimum absolute atomic E-state index is 0.632. The Morgan fingerprint density at radius 2 is 2.17 bits per heavy atom. The zero-order chi connectivity index (χ0) is 13.1. The number of pyridine rings is 1. The van der Waals surface area contributed by atoms with E-state index in [2.05, 4.69) is 34.8 Å². The van der Waals surface area contributed by atoms with Crippen LogP contribution in [0.25, 0.3) is 10.9 Å². The summed E-state index contributed by atoms with van der Waals surface area (Å²) in [6.07, 6.45) is 2.79. The van der Waals surface area contributed by atoms with E-state index in [-0.39, 0.29) is 0 Å². The summed E-state index contributed by atoms with van der Waals surface area (Å²) < 4.78 is 6.71. The van der Waals surface area contributed by atoms with Crippen molar-refractivity contribution in [3.63, 3.8) is 0 Å². The summed E-state index contributed by atoms with van der Waals surface area (Å²) in [6, 6.07) is 5.72. The molecule has 0 saturated carbocycles. The maximum absolute atomic E-state index is 5.95. The Hall–Kier alpha value is -1.29. The normalized spacial score (nSPS) is 11.1. The number of nitrogens with zero attached hydrogens (tertiary/aromatic N) is 1. The first-order chi connectivity index (χ1) is 8.58. The van der Waals surface area contributed by atoms with Gasteiger partial charge in [-0.15, -0.1) is 0 Å². The zero-order valence-electron chi connectivity index (χ0n) is 10.6. The highest BCUT2D eigenvalue weighted by molar-refractivity contribution is 9.10. The van der Waals surface area contributed by atoms with Crippen molar-refractivity contribution >= 4 is 32.5 Å². The van der Waals surface area contributed by atoms with Gasteiger partial charge >= 0.3 is 0 Å². The fraction of sp³-hybridized carbons (Fsp3) is 0.357. The number of anilines is 1. The van der Waals surface area contributed by atoms with Crippen LogP contribution < -0.4 is 10.5 Å². The van der Waals surface area contributed by atoms with Gasteiger partial charge in [-0.25, -0.2) is 0 Å². The first kappa shape index (κ1) is 13.1. The van der Waals surface area contributed by atoms with Crippen LogP contribution >= 0.6 is 15.9 Å². The minimum atomic E-state index is 0.632. The molecule has 1 aromatic carbocycles. The van der Waals surface area contributed by atoms with Gasteiger partial charge in [0.2, 0.25) is 0 Å². The third-order valence-corrected chi connectivity index (χ3v) is 3.20. The highest BCUT2D eigenvalue weighted by atomic mass is 79.9. The van der Waals surface area contributed by atoms with E-state index >= 15 is 0 Å². The summed E-state index contributed by atoms with van der Waals surface area (Å²) >= 11 is 3.40. The second kappa shape index (κ2) is 5.57. The number of aromatic nitrogens is 1. The maximum Gasteiger partial charge on any atom is 0.145 e. The summed E-state index contributed by atoms with van der Waals surface area (Å²) in [4.78, 5) is 4.39. The second-order valence-electron chi connectivity index (χ2n) is 4.73. The minimum Gasteiger partial charge on any atom is -0.491 e. The Balaban J connectivity index is 2.31. The SMILES string of the molecule is CC(C)CCOc1ccc(N)c2cc(Br)cnc12.